The van der Waals surface area contributed by atoms with Crippen molar-refractivity contribution in [3.63, 3.8) is 0 Å². The summed E-state index contributed by atoms with van der Waals surface area (Å²) in [5.74, 6) is 0.135. The molecule has 0 aliphatic rings. The number of aldehydes is 1. The second-order valence-corrected chi connectivity index (χ2v) is 1.90. The van der Waals surface area contributed by atoms with Crippen LogP contribution in [0.2, 0.25) is 0 Å². The molecule has 0 spiro atoms. The van der Waals surface area contributed by atoms with E-state index < -0.39 is 0 Å². The smallest absolute Gasteiger partial charge is 0.252 e. The Morgan fingerprint density at radius 1 is 1.82 bits per heavy atom. The van der Waals surface area contributed by atoms with Crippen molar-refractivity contribution in [3.8, 4) is 6.07 Å². The minimum atomic E-state index is 0.135. The van der Waals surface area contributed by atoms with Crippen LogP contribution < -0.4 is 0 Å². The number of hydrogen-bond donors (Lipinski definition) is 0. The summed E-state index contributed by atoms with van der Waals surface area (Å²) in [5.41, 5.74) is 0. The summed E-state index contributed by atoms with van der Waals surface area (Å²) < 4.78 is 1.47. The second-order valence-electron chi connectivity index (χ2n) is 1.90. The van der Waals surface area contributed by atoms with Gasteiger partial charge in [0.15, 0.2) is 0 Å². The van der Waals surface area contributed by atoms with Crippen LogP contribution in [0.5, 0.6) is 0 Å². The highest BCUT2D eigenvalue weighted by molar-refractivity contribution is 5.48. The molecule has 0 saturated heterocycles. The van der Waals surface area contributed by atoms with Crippen LogP contribution in [0.25, 0.3) is 0 Å². The van der Waals surface area contributed by atoms with Crippen molar-refractivity contribution in [1.82, 2.24) is 14.8 Å². The van der Waals surface area contributed by atoms with Crippen molar-refractivity contribution in [2.24, 2.45) is 0 Å². The van der Waals surface area contributed by atoms with Crippen molar-refractivity contribution in [1.29, 1.82) is 5.26 Å². The number of aromatic nitrogens is 3. The van der Waals surface area contributed by atoms with E-state index in [1.807, 2.05) is 0 Å². The van der Waals surface area contributed by atoms with Crippen LogP contribution >= 0.6 is 0 Å². The Hall–Kier alpha value is -1.70. The normalized spacial score (nSPS) is 9.00. The molecule has 11 heavy (non-hydrogen) atoms. The first kappa shape index (κ1) is 7.41. The zero-order valence-corrected chi connectivity index (χ0v) is 5.77. The minimum Gasteiger partial charge on any atom is -0.303 e. The average molecular weight is 150 g/mol. The Morgan fingerprint density at radius 2 is 2.64 bits per heavy atom. The fourth-order valence-corrected chi connectivity index (χ4v) is 0.639. The van der Waals surface area contributed by atoms with Gasteiger partial charge in [-0.1, -0.05) is 0 Å². The van der Waals surface area contributed by atoms with Crippen LogP contribution in [0.15, 0.2) is 6.33 Å². The summed E-state index contributed by atoms with van der Waals surface area (Å²) in [5, 5.41) is 12.1. The van der Waals surface area contributed by atoms with Gasteiger partial charge in [-0.15, -0.1) is 5.10 Å². The third kappa shape index (κ3) is 1.86. The molecule has 0 aliphatic carbocycles. The molecule has 0 aliphatic heterocycles. The minimum absolute atomic E-state index is 0.135. The first-order valence-electron chi connectivity index (χ1n) is 3.10. The summed E-state index contributed by atoms with van der Waals surface area (Å²) in [7, 11) is 0. The summed E-state index contributed by atoms with van der Waals surface area (Å²) >= 11 is 0. The monoisotopic (exact) mass is 150 g/mol. The molecule has 1 heterocycles. The van der Waals surface area contributed by atoms with Crippen molar-refractivity contribution in [2.75, 3.05) is 0 Å². The highest BCUT2D eigenvalue weighted by Crippen LogP contribution is 1.88. The molecule has 0 amide bonds. The van der Waals surface area contributed by atoms with Crippen molar-refractivity contribution < 1.29 is 4.79 Å². The summed E-state index contributed by atoms with van der Waals surface area (Å²) in [4.78, 5) is 13.6. The maximum atomic E-state index is 9.93. The van der Waals surface area contributed by atoms with Crippen LogP contribution in [-0.4, -0.2) is 21.1 Å². The number of nitriles is 1. The largest absolute Gasteiger partial charge is 0.303 e. The lowest BCUT2D eigenvalue weighted by Gasteiger charge is -1.91. The van der Waals surface area contributed by atoms with Gasteiger partial charge >= 0.3 is 0 Å². The van der Waals surface area contributed by atoms with E-state index in [0.29, 0.717) is 13.0 Å². The highest BCUT2D eigenvalue weighted by atomic mass is 16.1. The zero-order chi connectivity index (χ0) is 8.10. The molecule has 0 radical (unpaired) electrons. The van der Waals surface area contributed by atoms with Crippen LogP contribution in [0, 0.1) is 11.3 Å². The van der Waals surface area contributed by atoms with Crippen LogP contribution in [0.4, 0.5) is 0 Å². The number of carbonyl (C=O) groups excluding carboxylic acids is 1. The van der Waals surface area contributed by atoms with Crippen molar-refractivity contribution in [2.45, 2.75) is 13.0 Å². The molecule has 56 valence electrons. The molecule has 0 fully saturated rings. The van der Waals surface area contributed by atoms with Gasteiger partial charge in [0.1, 0.15) is 18.7 Å². The molecule has 1 aromatic rings. The van der Waals surface area contributed by atoms with E-state index in [0.717, 1.165) is 6.29 Å². The molecule has 0 bridgehead atoms. The van der Waals surface area contributed by atoms with E-state index in [1.165, 1.54) is 11.0 Å². The molecule has 1 aromatic heterocycles. The van der Waals surface area contributed by atoms with E-state index in [-0.39, 0.29) is 5.82 Å². The Labute approximate surface area is 63.3 Å². The molecule has 1 rings (SSSR count). The van der Waals surface area contributed by atoms with Gasteiger partial charge in [0.2, 0.25) is 0 Å². The molecule has 5 heteroatoms. The van der Waals surface area contributed by atoms with Gasteiger partial charge in [-0.2, -0.15) is 5.26 Å². The summed E-state index contributed by atoms with van der Waals surface area (Å²) in [6.07, 6.45) is 2.63. The quantitative estimate of drug-likeness (QED) is 0.556. The van der Waals surface area contributed by atoms with E-state index in [1.54, 1.807) is 6.07 Å². The van der Waals surface area contributed by atoms with Crippen LogP contribution in [-0.2, 0) is 11.3 Å². The predicted molar refractivity (Wildman–Crippen MR) is 35.4 cm³/mol. The first-order valence-corrected chi connectivity index (χ1v) is 3.10. The molecular weight excluding hydrogens is 144 g/mol. The maximum absolute atomic E-state index is 9.93. The lowest BCUT2D eigenvalue weighted by atomic mass is 10.5. The zero-order valence-electron chi connectivity index (χ0n) is 5.77. The summed E-state index contributed by atoms with van der Waals surface area (Å²) in [6, 6.07) is 1.79. The topological polar surface area (TPSA) is 71.6 Å². The molecule has 0 N–H and O–H groups in total. The predicted octanol–water partition coefficient (Wildman–Crippen LogP) is -0.261. The van der Waals surface area contributed by atoms with E-state index in [9.17, 15) is 4.79 Å². The standard InChI is InChI=1S/C6H6N4O/c7-4-6-8-5-10(9-6)2-1-3-11/h3,5H,1-2H2. The van der Waals surface area contributed by atoms with Gasteiger partial charge < -0.3 is 4.79 Å². The van der Waals surface area contributed by atoms with Crippen molar-refractivity contribution in [3.05, 3.63) is 12.2 Å². The van der Waals surface area contributed by atoms with Gasteiger partial charge in [0.05, 0.1) is 0 Å². The van der Waals surface area contributed by atoms with Crippen molar-refractivity contribution >= 4 is 6.29 Å². The molecule has 0 atom stereocenters. The lowest BCUT2D eigenvalue weighted by molar-refractivity contribution is -0.108. The van der Waals surface area contributed by atoms with Gasteiger partial charge in [0, 0.05) is 13.0 Å². The maximum Gasteiger partial charge on any atom is 0.252 e. The van der Waals surface area contributed by atoms with E-state index >= 15 is 0 Å². The average Bonchev–Trinajstić information content (AvgIpc) is 2.48. The molecule has 0 unspecified atom stereocenters. The first-order chi connectivity index (χ1) is 5.36. The lowest BCUT2D eigenvalue weighted by Crippen LogP contribution is -1.98. The third-order valence-corrected chi connectivity index (χ3v) is 1.11. The summed E-state index contributed by atoms with van der Waals surface area (Å²) in [6.45, 7) is 0.484. The third-order valence-electron chi connectivity index (χ3n) is 1.11. The van der Waals surface area contributed by atoms with Gasteiger partial charge in [-0.25, -0.2) is 4.98 Å². The Kier molecular flexibility index (Phi) is 2.33. The van der Waals surface area contributed by atoms with Gasteiger partial charge in [0.25, 0.3) is 5.82 Å². The number of nitrogens with zero attached hydrogens (tertiary/aromatic N) is 4. The van der Waals surface area contributed by atoms with E-state index in [2.05, 4.69) is 10.1 Å². The van der Waals surface area contributed by atoms with Crippen LogP contribution in [0.3, 0.4) is 0 Å². The van der Waals surface area contributed by atoms with Gasteiger partial charge in [-0.3, -0.25) is 4.68 Å². The Bertz CT molecular complexity index is 285. The van der Waals surface area contributed by atoms with Gasteiger partial charge in [-0.05, 0) is 0 Å². The molecule has 0 aromatic carbocycles. The highest BCUT2D eigenvalue weighted by Gasteiger charge is 1.96. The van der Waals surface area contributed by atoms with E-state index in [4.69, 9.17) is 5.26 Å². The number of carbonyl (C=O) groups is 1. The molecule has 5 nitrogen and oxygen atoms in total. The fourth-order valence-electron chi connectivity index (χ4n) is 0.639. The van der Waals surface area contributed by atoms with Crippen LogP contribution in [0.1, 0.15) is 12.2 Å². The second kappa shape index (κ2) is 3.46. The Morgan fingerprint density at radius 3 is 3.18 bits per heavy atom. The fraction of sp³-hybridized carbons (Fsp3) is 0.333. The number of rotatable bonds is 3. The number of aryl methyl sites for hydroxylation is 1. The SMILES string of the molecule is N#Cc1ncn(CCC=O)n1. The Balaban J connectivity index is 2.59. The molecular formula is C6H6N4O. The molecule has 0 saturated carbocycles. The number of hydrogen-bond acceptors (Lipinski definition) is 4.